The number of carbonyl (C=O) groups is 1. The van der Waals surface area contributed by atoms with Crippen molar-refractivity contribution in [2.24, 2.45) is 0 Å². The molecule has 136 valence electrons. The number of nitrogens with one attached hydrogen (secondary N) is 1. The highest BCUT2D eigenvalue weighted by Crippen LogP contribution is 2.25. The molecule has 0 saturated heterocycles. The minimum Gasteiger partial charge on any atom is -0.433 e. The van der Waals surface area contributed by atoms with Crippen molar-refractivity contribution in [3.05, 3.63) is 41.3 Å². The van der Waals surface area contributed by atoms with Crippen LogP contribution in [0, 0.1) is 13.8 Å². The van der Waals surface area contributed by atoms with Gasteiger partial charge >= 0.3 is 6.61 Å². The molecule has 1 heterocycles. The van der Waals surface area contributed by atoms with Crippen LogP contribution in [0.2, 0.25) is 0 Å². The Hall–Kier alpha value is -2.49. The van der Waals surface area contributed by atoms with E-state index in [0.29, 0.717) is 17.0 Å². The predicted octanol–water partition coefficient (Wildman–Crippen LogP) is 2.45. The monoisotopic (exact) mass is 374 g/mol. The van der Waals surface area contributed by atoms with Gasteiger partial charge in [-0.25, -0.2) is 8.42 Å². The Morgan fingerprint density at radius 2 is 2.00 bits per heavy atom. The summed E-state index contributed by atoms with van der Waals surface area (Å²) < 4.78 is 58.2. The fourth-order valence-electron chi connectivity index (χ4n) is 2.13. The van der Waals surface area contributed by atoms with Gasteiger partial charge in [-0.15, -0.1) is 0 Å². The first-order valence-corrected chi connectivity index (χ1v) is 8.96. The van der Waals surface area contributed by atoms with Gasteiger partial charge in [0.15, 0.2) is 9.84 Å². The number of halogens is 2. The topological polar surface area (TPSA) is 98.5 Å². The molecule has 1 aromatic carbocycles. The molecule has 0 spiro atoms. The molecule has 0 atom stereocenters. The predicted molar refractivity (Wildman–Crippen MR) is 85.2 cm³/mol. The Kier molecular flexibility index (Phi) is 5.73. The van der Waals surface area contributed by atoms with E-state index in [9.17, 15) is 22.0 Å². The number of ether oxygens (including phenoxy) is 1. The van der Waals surface area contributed by atoms with Crippen molar-refractivity contribution < 1.29 is 31.3 Å². The van der Waals surface area contributed by atoms with Gasteiger partial charge in [-0.3, -0.25) is 4.79 Å². The Morgan fingerprint density at radius 1 is 1.32 bits per heavy atom. The second-order valence-corrected chi connectivity index (χ2v) is 7.32. The van der Waals surface area contributed by atoms with E-state index in [0.717, 1.165) is 0 Å². The van der Waals surface area contributed by atoms with Crippen LogP contribution >= 0.6 is 0 Å². The van der Waals surface area contributed by atoms with Crippen molar-refractivity contribution in [2.45, 2.75) is 26.2 Å². The van der Waals surface area contributed by atoms with Crippen LogP contribution in [0.15, 0.2) is 28.8 Å². The van der Waals surface area contributed by atoms with Crippen LogP contribution in [0.3, 0.4) is 0 Å². The lowest BCUT2D eigenvalue weighted by Gasteiger charge is -2.11. The quantitative estimate of drug-likeness (QED) is 0.799. The maximum Gasteiger partial charge on any atom is 0.387 e. The van der Waals surface area contributed by atoms with Gasteiger partial charge in [0.25, 0.3) is 0 Å². The molecule has 0 radical (unpaired) electrons. The standard InChI is InChI=1S/C15H16F2N2O5S/c1-9-11(10(2)24-19-9)7-25(21,22)8-14(20)18-12-5-3-4-6-13(12)23-15(16)17/h3-6,15H,7-8H2,1-2H3,(H,18,20). The van der Waals surface area contributed by atoms with Gasteiger partial charge in [-0.05, 0) is 26.0 Å². The van der Waals surface area contributed by atoms with Crippen LogP contribution in [-0.4, -0.2) is 31.8 Å². The number of hydrogen-bond acceptors (Lipinski definition) is 6. The van der Waals surface area contributed by atoms with Crippen LogP contribution in [0.4, 0.5) is 14.5 Å². The summed E-state index contributed by atoms with van der Waals surface area (Å²) >= 11 is 0. The van der Waals surface area contributed by atoms with Crippen molar-refractivity contribution in [3.8, 4) is 5.75 Å². The SMILES string of the molecule is Cc1noc(C)c1CS(=O)(=O)CC(=O)Nc1ccccc1OC(F)F. The Morgan fingerprint density at radius 3 is 2.60 bits per heavy atom. The number of rotatable bonds is 7. The van der Waals surface area contributed by atoms with Crippen molar-refractivity contribution in [1.82, 2.24) is 5.16 Å². The molecule has 10 heteroatoms. The highest BCUT2D eigenvalue weighted by molar-refractivity contribution is 7.91. The molecule has 25 heavy (non-hydrogen) atoms. The normalized spacial score (nSPS) is 11.6. The summed E-state index contributed by atoms with van der Waals surface area (Å²) in [6.45, 7) is 0.101. The van der Waals surface area contributed by atoms with Gasteiger partial charge in [0.1, 0.15) is 17.3 Å². The number of benzene rings is 1. The summed E-state index contributed by atoms with van der Waals surface area (Å²) in [4.78, 5) is 12.0. The first kappa shape index (κ1) is 18.8. The van der Waals surface area contributed by atoms with Crippen LogP contribution in [0.25, 0.3) is 0 Å². The van der Waals surface area contributed by atoms with Crippen LogP contribution < -0.4 is 10.1 Å². The largest absolute Gasteiger partial charge is 0.433 e. The smallest absolute Gasteiger partial charge is 0.387 e. The summed E-state index contributed by atoms with van der Waals surface area (Å²) in [6.07, 6.45) is 0. The Labute approximate surface area is 142 Å². The van der Waals surface area contributed by atoms with Crippen molar-refractivity contribution >= 4 is 21.4 Å². The molecule has 0 bridgehead atoms. The maximum atomic E-state index is 12.4. The van der Waals surface area contributed by atoms with E-state index in [1.54, 1.807) is 13.8 Å². The number of sulfone groups is 1. The molecule has 1 aromatic heterocycles. The third-order valence-corrected chi connectivity index (χ3v) is 4.70. The van der Waals surface area contributed by atoms with Crippen LogP contribution in [0.1, 0.15) is 17.0 Å². The molecule has 0 fully saturated rings. The number of nitrogens with zero attached hydrogens (tertiary/aromatic N) is 1. The van der Waals surface area contributed by atoms with Gasteiger partial charge in [-0.1, -0.05) is 17.3 Å². The number of anilines is 1. The van der Waals surface area contributed by atoms with E-state index in [1.807, 2.05) is 0 Å². The fourth-order valence-corrected chi connectivity index (χ4v) is 3.56. The lowest BCUT2D eigenvalue weighted by atomic mass is 10.2. The van der Waals surface area contributed by atoms with Gasteiger partial charge in [0.2, 0.25) is 5.91 Å². The van der Waals surface area contributed by atoms with Gasteiger partial charge in [0.05, 0.1) is 17.1 Å². The molecule has 0 aliphatic heterocycles. The molecule has 0 aliphatic carbocycles. The second-order valence-electron chi connectivity index (χ2n) is 5.26. The third-order valence-electron chi connectivity index (χ3n) is 3.27. The van der Waals surface area contributed by atoms with Crippen molar-refractivity contribution in [2.75, 3.05) is 11.1 Å². The number of amides is 1. The summed E-state index contributed by atoms with van der Waals surface area (Å²) in [6, 6.07) is 5.50. The van der Waals surface area contributed by atoms with Gasteiger partial charge in [-0.2, -0.15) is 8.78 Å². The van der Waals surface area contributed by atoms with Gasteiger partial charge < -0.3 is 14.6 Å². The lowest BCUT2D eigenvalue weighted by Crippen LogP contribution is -2.24. The molecule has 0 aliphatic rings. The number of aryl methyl sites for hydroxylation is 2. The van der Waals surface area contributed by atoms with Crippen molar-refractivity contribution in [3.63, 3.8) is 0 Å². The summed E-state index contributed by atoms with van der Waals surface area (Å²) in [5.74, 6) is -1.99. The average Bonchev–Trinajstić information content (AvgIpc) is 2.79. The molecule has 1 amide bonds. The van der Waals surface area contributed by atoms with E-state index in [4.69, 9.17) is 4.52 Å². The number of carbonyl (C=O) groups excluding carboxylic acids is 1. The highest BCUT2D eigenvalue weighted by Gasteiger charge is 2.22. The first-order valence-electron chi connectivity index (χ1n) is 7.14. The maximum absolute atomic E-state index is 12.4. The summed E-state index contributed by atoms with van der Waals surface area (Å²) in [5, 5.41) is 5.92. The lowest BCUT2D eigenvalue weighted by molar-refractivity contribution is -0.114. The van der Waals surface area contributed by atoms with E-state index in [2.05, 4.69) is 15.2 Å². The molecular formula is C15H16F2N2O5S. The van der Waals surface area contributed by atoms with E-state index in [1.165, 1.54) is 24.3 Å². The van der Waals surface area contributed by atoms with Gasteiger partial charge in [0, 0.05) is 5.56 Å². The highest BCUT2D eigenvalue weighted by atomic mass is 32.2. The Bertz CT molecular complexity index is 845. The molecule has 7 nitrogen and oxygen atoms in total. The summed E-state index contributed by atoms with van der Waals surface area (Å²) in [7, 11) is -3.81. The van der Waals surface area contributed by atoms with E-state index < -0.39 is 33.9 Å². The average molecular weight is 374 g/mol. The third kappa shape index (κ3) is 5.24. The number of hydrogen-bond donors (Lipinski definition) is 1. The van der Waals surface area contributed by atoms with Crippen molar-refractivity contribution in [1.29, 1.82) is 0 Å². The minimum atomic E-state index is -3.81. The molecule has 0 unspecified atom stereocenters. The number of para-hydroxylation sites is 2. The molecule has 1 N–H and O–H groups in total. The molecular weight excluding hydrogens is 358 g/mol. The zero-order chi connectivity index (χ0) is 18.6. The molecule has 2 aromatic rings. The van der Waals surface area contributed by atoms with E-state index >= 15 is 0 Å². The number of aromatic nitrogens is 1. The van der Waals surface area contributed by atoms with E-state index in [-0.39, 0.29) is 11.4 Å². The molecule has 0 saturated carbocycles. The zero-order valence-corrected chi connectivity index (χ0v) is 14.3. The summed E-state index contributed by atoms with van der Waals surface area (Å²) in [5.41, 5.74) is 0.784. The number of alkyl halides is 2. The second kappa shape index (κ2) is 7.60. The fraction of sp³-hybridized carbons (Fsp3) is 0.333. The zero-order valence-electron chi connectivity index (χ0n) is 13.5. The van der Waals surface area contributed by atoms with Crippen LogP contribution in [-0.2, 0) is 20.4 Å². The Balaban J connectivity index is 2.07. The first-order chi connectivity index (χ1) is 11.7. The van der Waals surface area contributed by atoms with Crippen LogP contribution in [0.5, 0.6) is 5.75 Å². The molecule has 2 rings (SSSR count). The minimum absolute atomic E-state index is 0.0414.